The summed E-state index contributed by atoms with van der Waals surface area (Å²) >= 11 is 0. The second-order valence-corrected chi connectivity index (χ2v) is 4.87. The molecule has 0 fully saturated rings. The topological polar surface area (TPSA) is 95.5 Å². The molecule has 0 unspecified atom stereocenters. The van der Waals surface area contributed by atoms with Gasteiger partial charge in [-0.1, -0.05) is 48.5 Å². The van der Waals surface area contributed by atoms with Crippen molar-refractivity contribution in [2.45, 2.75) is 0 Å². The molecule has 0 aliphatic heterocycles. The molecular weight excluding hydrogens is 308 g/mol. The number of nitrogens with one attached hydrogen (secondary N) is 2. The molecule has 0 saturated heterocycles. The van der Waals surface area contributed by atoms with E-state index >= 15 is 0 Å². The Balaban J connectivity index is 2.22. The minimum Gasteiger partial charge on any atom is -0.480 e. The molecule has 0 spiro atoms. The summed E-state index contributed by atoms with van der Waals surface area (Å²) in [5.74, 6) is -2.30. The van der Waals surface area contributed by atoms with Gasteiger partial charge in [0.2, 0.25) is 0 Å². The van der Waals surface area contributed by atoms with Crippen molar-refractivity contribution in [3.05, 3.63) is 77.5 Å². The lowest BCUT2D eigenvalue weighted by Gasteiger charge is -2.10. The highest BCUT2D eigenvalue weighted by Gasteiger charge is 2.15. The lowest BCUT2D eigenvalue weighted by Crippen LogP contribution is -2.37. The molecule has 24 heavy (non-hydrogen) atoms. The van der Waals surface area contributed by atoms with Crippen molar-refractivity contribution in [2.24, 2.45) is 0 Å². The van der Waals surface area contributed by atoms with Crippen LogP contribution in [0.3, 0.4) is 0 Å². The highest BCUT2D eigenvalue weighted by Crippen LogP contribution is 2.07. The number of aliphatic carboxylic acids is 1. The van der Waals surface area contributed by atoms with Crippen molar-refractivity contribution < 1.29 is 19.5 Å². The van der Waals surface area contributed by atoms with E-state index in [1.807, 2.05) is 6.07 Å². The van der Waals surface area contributed by atoms with Crippen LogP contribution in [0.1, 0.15) is 15.9 Å². The zero-order valence-electron chi connectivity index (χ0n) is 12.7. The summed E-state index contributed by atoms with van der Waals surface area (Å²) in [5, 5.41) is 13.4. The van der Waals surface area contributed by atoms with Crippen LogP contribution >= 0.6 is 0 Å². The van der Waals surface area contributed by atoms with Crippen LogP contribution < -0.4 is 10.6 Å². The fourth-order valence-corrected chi connectivity index (χ4v) is 1.91. The Bertz CT molecular complexity index is 755. The Labute approximate surface area is 138 Å². The molecule has 0 aromatic heterocycles. The number of carbonyl (C=O) groups excluding carboxylic acids is 2. The molecular formula is C18H16N2O4. The van der Waals surface area contributed by atoms with Crippen LogP contribution in [-0.4, -0.2) is 29.4 Å². The van der Waals surface area contributed by atoms with Crippen LogP contribution in [0.15, 0.2) is 66.4 Å². The Morgan fingerprint density at radius 2 is 1.50 bits per heavy atom. The fraction of sp³-hybridized carbons (Fsp3) is 0.0556. The van der Waals surface area contributed by atoms with Gasteiger partial charge >= 0.3 is 5.97 Å². The first-order chi connectivity index (χ1) is 11.6. The molecule has 2 rings (SSSR count). The van der Waals surface area contributed by atoms with E-state index in [1.54, 1.807) is 54.6 Å². The smallest absolute Gasteiger partial charge is 0.322 e. The molecule has 0 aliphatic carbocycles. The van der Waals surface area contributed by atoms with Gasteiger partial charge in [-0.2, -0.15) is 0 Å². The van der Waals surface area contributed by atoms with Crippen LogP contribution in [0.4, 0.5) is 0 Å². The van der Waals surface area contributed by atoms with Gasteiger partial charge in [0.05, 0.1) is 0 Å². The molecule has 0 saturated carbocycles. The van der Waals surface area contributed by atoms with Crippen molar-refractivity contribution in [1.82, 2.24) is 10.6 Å². The molecule has 0 bridgehead atoms. The third-order valence-electron chi connectivity index (χ3n) is 3.04. The maximum Gasteiger partial charge on any atom is 0.322 e. The van der Waals surface area contributed by atoms with Crippen LogP contribution in [0, 0.1) is 0 Å². The molecule has 6 heteroatoms. The van der Waals surface area contributed by atoms with Gasteiger partial charge in [-0.25, -0.2) is 0 Å². The zero-order valence-corrected chi connectivity index (χ0v) is 12.7. The summed E-state index contributed by atoms with van der Waals surface area (Å²) in [6.45, 7) is -0.536. The quantitative estimate of drug-likeness (QED) is 0.704. The van der Waals surface area contributed by atoms with E-state index in [2.05, 4.69) is 10.6 Å². The summed E-state index contributed by atoms with van der Waals surface area (Å²) < 4.78 is 0. The van der Waals surface area contributed by atoms with Crippen molar-refractivity contribution >= 4 is 23.9 Å². The third-order valence-corrected chi connectivity index (χ3v) is 3.04. The van der Waals surface area contributed by atoms with Crippen LogP contribution in [0.5, 0.6) is 0 Å². The van der Waals surface area contributed by atoms with Crippen LogP contribution in [-0.2, 0) is 9.59 Å². The van der Waals surface area contributed by atoms with Crippen molar-refractivity contribution in [3.8, 4) is 0 Å². The zero-order chi connectivity index (χ0) is 17.4. The predicted molar refractivity (Wildman–Crippen MR) is 89.0 cm³/mol. The van der Waals surface area contributed by atoms with E-state index in [1.165, 1.54) is 6.08 Å². The monoisotopic (exact) mass is 324 g/mol. The molecule has 2 aromatic rings. The van der Waals surface area contributed by atoms with Gasteiger partial charge in [0.15, 0.2) is 0 Å². The Kier molecular flexibility index (Phi) is 5.85. The molecule has 0 heterocycles. The number of benzene rings is 2. The van der Waals surface area contributed by atoms with Gasteiger partial charge in [-0.15, -0.1) is 0 Å². The average Bonchev–Trinajstić information content (AvgIpc) is 2.60. The highest BCUT2D eigenvalue weighted by atomic mass is 16.4. The Morgan fingerprint density at radius 3 is 2.08 bits per heavy atom. The summed E-state index contributed by atoms with van der Waals surface area (Å²) in [5.41, 5.74) is 1.06. The molecule has 0 aliphatic rings. The Hall–Kier alpha value is -3.41. The number of rotatable bonds is 6. The number of carboxylic acids is 1. The predicted octanol–water partition coefficient (Wildman–Crippen LogP) is 1.66. The van der Waals surface area contributed by atoms with Gasteiger partial charge in [-0.05, 0) is 23.8 Å². The van der Waals surface area contributed by atoms with Crippen molar-refractivity contribution in [3.63, 3.8) is 0 Å². The molecule has 2 amide bonds. The van der Waals surface area contributed by atoms with Gasteiger partial charge < -0.3 is 15.7 Å². The lowest BCUT2D eigenvalue weighted by atomic mass is 10.1. The van der Waals surface area contributed by atoms with Crippen LogP contribution in [0.2, 0.25) is 0 Å². The number of amides is 2. The summed E-state index contributed by atoms with van der Waals surface area (Å²) in [7, 11) is 0. The van der Waals surface area contributed by atoms with E-state index in [4.69, 9.17) is 5.11 Å². The van der Waals surface area contributed by atoms with Crippen molar-refractivity contribution in [2.75, 3.05) is 6.54 Å². The molecule has 6 nitrogen and oxygen atoms in total. The second kappa shape index (κ2) is 8.28. The minimum atomic E-state index is -1.17. The minimum absolute atomic E-state index is 0.0312. The maximum atomic E-state index is 12.2. The highest BCUT2D eigenvalue weighted by molar-refractivity contribution is 6.05. The van der Waals surface area contributed by atoms with E-state index in [0.29, 0.717) is 11.1 Å². The van der Waals surface area contributed by atoms with Gasteiger partial charge in [0, 0.05) is 5.56 Å². The standard InChI is InChI=1S/C18H16N2O4/c21-16(22)12-19-18(24)15(11-13-7-3-1-4-8-13)20-17(23)14-9-5-2-6-10-14/h1-11H,12H2,(H,19,24)(H,20,23)(H,21,22)/b15-11-. The molecule has 0 atom stereocenters. The summed E-state index contributed by atoms with van der Waals surface area (Å²) in [4.78, 5) is 35.0. The van der Waals surface area contributed by atoms with E-state index in [9.17, 15) is 14.4 Å². The largest absolute Gasteiger partial charge is 0.480 e. The number of carboxylic acid groups (broad SMARTS) is 1. The number of carbonyl (C=O) groups is 3. The fourth-order valence-electron chi connectivity index (χ4n) is 1.91. The number of hydrogen-bond acceptors (Lipinski definition) is 3. The van der Waals surface area contributed by atoms with Gasteiger partial charge in [0.25, 0.3) is 11.8 Å². The second-order valence-electron chi connectivity index (χ2n) is 4.87. The van der Waals surface area contributed by atoms with Gasteiger partial charge in [0.1, 0.15) is 12.2 Å². The summed E-state index contributed by atoms with van der Waals surface area (Å²) in [6.07, 6.45) is 1.48. The first-order valence-corrected chi connectivity index (χ1v) is 7.19. The van der Waals surface area contributed by atoms with Crippen molar-refractivity contribution in [1.29, 1.82) is 0 Å². The van der Waals surface area contributed by atoms with E-state index in [-0.39, 0.29) is 5.70 Å². The summed E-state index contributed by atoms with van der Waals surface area (Å²) in [6, 6.07) is 17.4. The van der Waals surface area contributed by atoms with Gasteiger partial charge in [-0.3, -0.25) is 14.4 Å². The first kappa shape index (κ1) is 17.0. The normalized spacial score (nSPS) is 10.8. The molecule has 0 radical (unpaired) electrons. The third kappa shape index (κ3) is 5.10. The average molecular weight is 324 g/mol. The maximum absolute atomic E-state index is 12.2. The molecule has 122 valence electrons. The molecule has 2 aromatic carbocycles. The Morgan fingerprint density at radius 1 is 0.917 bits per heavy atom. The SMILES string of the molecule is O=C(O)CNC(=O)/C(=C/c1ccccc1)NC(=O)c1ccccc1. The molecule has 3 N–H and O–H groups in total. The van der Waals surface area contributed by atoms with Crippen LogP contribution in [0.25, 0.3) is 6.08 Å². The van der Waals surface area contributed by atoms with E-state index in [0.717, 1.165) is 0 Å². The van der Waals surface area contributed by atoms with E-state index < -0.39 is 24.3 Å². The lowest BCUT2D eigenvalue weighted by molar-refractivity contribution is -0.137. The first-order valence-electron chi connectivity index (χ1n) is 7.19. The number of hydrogen-bond donors (Lipinski definition) is 3.